The molecule has 1 N–H and O–H groups in total. The van der Waals surface area contributed by atoms with Crippen LogP contribution in [0.2, 0.25) is 0 Å². The number of nitrogens with one attached hydrogen (secondary N) is 1. The van der Waals surface area contributed by atoms with Gasteiger partial charge in [-0.1, -0.05) is 0 Å². The van der Waals surface area contributed by atoms with Crippen LogP contribution in [0, 0.1) is 6.92 Å². The Kier molecular flexibility index (Phi) is 4.50. The van der Waals surface area contributed by atoms with Crippen LogP contribution in [-0.2, 0) is 12.8 Å². The highest BCUT2D eigenvalue weighted by molar-refractivity contribution is 5.22. The highest BCUT2D eigenvalue weighted by Crippen LogP contribution is 2.29. The summed E-state index contributed by atoms with van der Waals surface area (Å²) >= 11 is 0. The summed E-state index contributed by atoms with van der Waals surface area (Å²) in [5, 5.41) is 8.36. The third-order valence-electron chi connectivity index (χ3n) is 5.70. The first-order chi connectivity index (χ1) is 12.1. The van der Waals surface area contributed by atoms with Crippen LogP contribution in [0.3, 0.4) is 0 Å². The van der Waals surface area contributed by atoms with E-state index < -0.39 is 0 Å². The molecule has 0 spiro atoms. The molecular formula is C20H27N3O2. The number of aromatic nitrogens is 2. The Balaban J connectivity index is 1.38. The molecule has 0 aromatic carbocycles. The van der Waals surface area contributed by atoms with Gasteiger partial charge >= 0.3 is 0 Å². The fourth-order valence-electron chi connectivity index (χ4n) is 4.29. The lowest BCUT2D eigenvalue weighted by atomic mass is 9.90. The Labute approximate surface area is 148 Å². The van der Waals surface area contributed by atoms with Gasteiger partial charge in [0.25, 0.3) is 5.56 Å². The maximum absolute atomic E-state index is 12.4. The molecule has 1 saturated carbocycles. The second kappa shape index (κ2) is 6.79. The second-order valence-corrected chi connectivity index (χ2v) is 7.59. The van der Waals surface area contributed by atoms with Crippen LogP contribution in [0.5, 0.6) is 0 Å². The maximum atomic E-state index is 12.4. The van der Waals surface area contributed by atoms with Gasteiger partial charge in [-0.15, -0.1) is 0 Å². The maximum Gasteiger partial charge on any atom is 0.267 e. The monoisotopic (exact) mass is 341 g/mol. The molecule has 134 valence electrons. The van der Waals surface area contributed by atoms with Gasteiger partial charge in [0.05, 0.1) is 17.8 Å². The minimum atomic E-state index is 0.0801. The Hall–Kier alpha value is -1.88. The number of nitrogens with zero attached hydrogens (tertiary/aromatic N) is 2. The molecule has 4 rings (SSSR count). The quantitative estimate of drug-likeness (QED) is 0.925. The van der Waals surface area contributed by atoms with E-state index in [9.17, 15) is 4.79 Å². The molecule has 0 amide bonds. The number of aryl methyl sites for hydroxylation is 3. The first-order valence-corrected chi connectivity index (χ1v) is 9.54. The topological polar surface area (TPSA) is 60.1 Å². The lowest BCUT2D eigenvalue weighted by Gasteiger charge is -2.31. The molecular weight excluding hydrogens is 314 g/mol. The summed E-state index contributed by atoms with van der Waals surface area (Å²) in [6.45, 7) is 4.12. The number of hydrogen-bond donors (Lipinski definition) is 1. The van der Waals surface area contributed by atoms with E-state index >= 15 is 0 Å². The minimum absolute atomic E-state index is 0.0801. The number of rotatable bonds is 4. The molecule has 1 fully saturated rings. The van der Waals surface area contributed by atoms with Crippen molar-refractivity contribution in [2.45, 2.75) is 76.9 Å². The molecule has 2 heterocycles. The zero-order valence-electron chi connectivity index (χ0n) is 15.1. The lowest BCUT2D eigenvalue weighted by molar-refractivity contribution is 0.251. The highest BCUT2D eigenvalue weighted by Gasteiger charge is 2.26. The zero-order valence-corrected chi connectivity index (χ0v) is 15.1. The Morgan fingerprint density at radius 1 is 1.24 bits per heavy atom. The van der Waals surface area contributed by atoms with Crippen molar-refractivity contribution < 1.29 is 4.42 Å². The smallest absolute Gasteiger partial charge is 0.267 e. The molecule has 0 aliphatic heterocycles. The van der Waals surface area contributed by atoms with E-state index in [-0.39, 0.29) is 17.6 Å². The van der Waals surface area contributed by atoms with Crippen molar-refractivity contribution in [1.29, 1.82) is 0 Å². The van der Waals surface area contributed by atoms with Crippen molar-refractivity contribution in [2.75, 3.05) is 0 Å². The van der Waals surface area contributed by atoms with E-state index in [1.54, 1.807) is 4.68 Å². The molecule has 2 aromatic heterocycles. The summed E-state index contributed by atoms with van der Waals surface area (Å²) < 4.78 is 7.48. The van der Waals surface area contributed by atoms with Crippen LogP contribution < -0.4 is 10.9 Å². The number of fused-ring (bicyclic) bond motifs is 1. The first-order valence-electron chi connectivity index (χ1n) is 9.54. The fraction of sp³-hybridized carbons (Fsp3) is 0.600. The van der Waals surface area contributed by atoms with Gasteiger partial charge in [-0.05, 0) is 76.5 Å². The molecule has 2 aromatic rings. The van der Waals surface area contributed by atoms with Gasteiger partial charge in [0.2, 0.25) is 0 Å². The van der Waals surface area contributed by atoms with Gasteiger partial charge in [-0.25, -0.2) is 4.68 Å². The summed E-state index contributed by atoms with van der Waals surface area (Å²) in [7, 11) is 0. The van der Waals surface area contributed by atoms with Crippen LogP contribution in [0.25, 0.3) is 0 Å². The largest absolute Gasteiger partial charge is 0.465 e. The molecule has 0 bridgehead atoms. The summed E-state index contributed by atoms with van der Waals surface area (Å²) in [6.07, 6.45) is 7.32. The van der Waals surface area contributed by atoms with E-state index in [0.29, 0.717) is 6.04 Å². The van der Waals surface area contributed by atoms with Gasteiger partial charge in [0.1, 0.15) is 11.5 Å². The van der Waals surface area contributed by atoms with E-state index in [1.165, 1.54) is 5.56 Å². The molecule has 1 atom stereocenters. The molecule has 0 radical (unpaired) electrons. The minimum Gasteiger partial charge on any atom is -0.465 e. The third kappa shape index (κ3) is 3.43. The van der Waals surface area contributed by atoms with E-state index in [4.69, 9.17) is 4.42 Å². The average molecular weight is 341 g/mol. The standard InChI is InChI=1S/C20H27N3O2/c1-13-6-11-19(25-13)14(2)21-16-7-9-17(10-8-16)23-20(24)12-15-4-3-5-18(15)22-23/h6,11-12,14,16-17,21H,3-5,7-10H2,1-2H3. The van der Waals surface area contributed by atoms with Crippen molar-refractivity contribution >= 4 is 0 Å². The number of hydrogen-bond acceptors (Lipinski definition) is 4. The predicted octanol–water partition coefficient (Wildman–Crippen LogP) is 3.47. The summed E-state index contributed by atoms with van der Waals surface area (Å²) in [5.74, 6) is 1.95. The van der Waals surface area contributed by atoms with Crippen LogP contribution in [-0.4, -0.2) is 15.8 Å². The van der Waals surface area contributed by atoms with Gasteiger partial charge in [-0.2, -0.15) is 5.10 Å². The normalized spacial score (nSPS) is 24.2. The van der Waals surface area contributed by atoms with Crippen LogP contribution in [0.4, 0.5) is 0 Å². The SMILES string of the molecule is Cc1ccc(C(C)NC2CCC(n3nc4c(cc3=O)CCC4)CC2)o1. The Morgan fingerprint density at radius 2 is 2.04 bits per heavy atom. The van der Waals surface area contributed by atoms with E-state index in [1.807, 2.05) is 25.1 Å². The Bertz CT molecular complexity index is 800. The lowest BCUT2D eigenvalue weighted by Crippen LogP contribution is -2.38. The third-order valence-corrected chi connectivity index (χ3v) is 5.70. The molecule has 5 heteroatoms. The van der Waals surface area contributed by atoms with Crippen LogP contribution >= 0.6 is 0 Å². The predicted molar refractivity (Wildman–Crippen MR) is 96.8 cm³/mol. The van der Waals surface area contributed by atoms with Crippen molar-refractivity contribution in [3.8, 4) is 0 Å². The van der Waals surface area contributed by atoms with Crippen molar-refractivity contribution in [2.24, 2.45) is 0 Å². The second-order valence-electron chi connectivity index (χ2n) is 7.59. The van der Waals surface area contributed by atoms with Crippen molar-refractivity contribution in [3.63, 3.8) is 0 Å². The molecule has 2 aliphatic carbocycles. The average Bonchev–Trinajstić information content (AvgIpc) is 3.23. The summed E-state index contributed by atoms with van der Waals surface area (Å²) in [4.78, 5) is 12.4. The molecule has 25 heavy (non-hydrogen) atoms. The van der Waals surface area contributed by atoms with Crippen molar-refractivity contribution in [1.82, 2.24) is 15.1 Å². The van der Waals surface area contributed by atoms with Gasteiger partial charge in [0, 0.05) is 12.1 Å². The zero-order chi connectivity index (χ0) is 17.4. The van der Waals surface area contributed by atoms with E-state index in [0.717, 1.165) is 62.2 Å². The molecule has 1 unspecified atom stereocenters. The van der Waals surface area contributed by atoms with E-state index in [2.05, 4.69) is 17.3 Å². The number of furan rings is 1. The molecule has 0 saturated heterocycles. The fourth-order valence-corrected chi connectivity index (χ4v) is 4.29. The van der Waals surface area contributed by atoms with Crippen molar-refractivity contribution in [3.05, 3.63) is 51.3 Å². The first kappa shape index (κ1) is 16.6. The van der Waals surface area contributed by atoms with Gasteiger partial charge in [0.15, 0.2) is 0 Å². The van der Waals surface area contributed by atoms with Gasteiger partial charge < -0.3 is 9.73 Å². The molecule has 5 nitrogen and oxygen atoms in total. The Morgan fingerprint density at radius 3 is 2.76 bits per heavy atom. The van der Waals surface area contributed by atoms with Gasteiger partial charge in [-0.3, -0.25) is 4.79 Å². The molecule has 2 aliphatic rings. The van der Waals surface area contributed by atoms with Crippen LogP contribution in [0.15, 0.2) is 27.4 Å². The summed E-state index contributed by atoms with van der Waals surface area (Å²) in [5.41, 5.74) is 2.39. The highest BCUT2D eigenvalue weighted by atomic mass is 16.3. The van der Waals surface area contributed by atoms with Crippen LogP contribution in [0.1, 0.15) is 73.9 Å². The summed E-state index contributed by atoms with van der Waals surface area (Å²) in [6, 6.07) is 6.82.